The number of amides is 1. The first kappa shape index (κ1) is 18.2. The van der Waals surface area contributed by atoms with Gasteiger partial charge in [0, 0.05) is 26.9 Å². The summed E-state index contributed by atoms with van der Waals surface area (Å²) in [5.74, 6) is 0.368. The maximum absolute atomic E-state index is 11.7. The van der Waals surface area contributed by atoms with Crippen LogP contribution >= 0.6 is 0 Å². The quantitative estimate of drug-likeness (QED) is 0.465. The van der Waals surface area contributed by atoms with Crippen LogP contribution < -0.4 is 4.74 Å². The molecule has 2 aliphatic rings. The van der Waals surface area contributed by atoms with Gasteiger partial charge in [-0.05, 0) is 52.8 Å². The van der Waals surface area contributed by atoms with Crippen LogP contribution in [0.4, 0.5) is 0 Å². The van der Waals surface area contributed by atoms with Gasteiger partial charge < -0.3 is 9.64 Å². The monoisotopic (exact) mass is 373 g/mol. The van der Waals surface area contributed by atoms with E-state index in [1.165, 1.54) is 29.2 Å². The third-order valence-electron chi connectivity index (χ3n) is 5.39. The summed E-state index contributed by atoms with van der Waals surface area (Å²) in [6.45, 7) is 4.55. The Morgan fingerprint density at radius 3 is 2.29 bits per heavy atom. The normalized spacial score (nSPS) is 15.6. The summed E-state index contributed by atoms with van der Waals surface area (Å²) in [7, 11) is 0. The van der Waals surface area contributed by atoms with Gasteiger partial charge in [0.1, 0.15) is 5.75 Å². The predicted octanol–water partition coefficient (Wildman–Crippen LogP) is 4.54. The number of hydrogen-bond acceptors (Lipinski definition) is 3. The molecule has 0 N–H and O–H groups in total. The van der Waals surface area contributed by atoms with Crippen LogP contribution in [0.15, 0.2) is 48.0 Å². The van der Waals surface area contributed by atoms with E-state index in [-0.39, 0.29) is 11.9 Å². The molecule has 2 aromatic carbocycles. The topological polar surface area (TPSA) is 46.6 Å². The Kier molecular flexibility index (Phi) is 4.86. The molecule has 28 heavy (non-hydrogen) atoms. The van der Waals surface area contributed by atoms with Gasteiger partial charge in [0.15, 0.2) is 0 Å². The third-order valence-corrected chi connectivity index (χ3v) is 5.39. The smallest absolute Gasteiger partial charge is 0.308 e. The number of esters is 1. The predicted molar refractivity (Wildman–Crippen MR) is 111 cm³/mol. The van der Waals surface area contributed by atoms with Crippen molar-refractivity contribution in [2.45, 2.75) is 26.7 Å². The van der Waals surface area contributed by atoms with Crippen molar-refractivity contribution in [3.8, 4) is 5.75 Å². The van der Waals surface area contributed by atoms with Crippen LogP contribution in [-0.2, 0) is 9.59 Å². The van der Waals surface area contributed by atoms with Crippen molar-refractivity contribution in [1.82, 2.24) is 4.90 Å². The molecule has 1 aliphatic carbocycles. The summed E-state index contributed by atoms with van der Waals surface area (Å²) < 4.78 is 5.29. The number of likely N-dealkylation sites (tertiary alicyclic amines) is 1. The van der Waals surface area contributed by atoms with Gasteiger partial charge in [0.2, 0.25) is 5.91 Å². The van der Waals surface area contributed by atoms with Crippen molar-refractivity contribution in [2.75, 3.05) is 13.1 Å². The second kappa shape index (κ2) is 7.47. The van der Waals surface area contributed by atoms with Crippen LogP contribution in [0.3, 0.4) is 0 Å². The Hall–Kier alpha value is -3.14. The van der Waals surface area contributed by atoms with E-state index in [0.717, 1.165) is 37.1 Å². The van der Waals surface area contributed by atoms with E-state index in [2.05, 4.69) is 30.4 Å². The lowest BCUT2D eigenvalue weighted by atomic mass is 9.86. The molecule has 0 bridgehead atoms. The third kappa shape index (κ3) is 3.50. The van der Waals surface area contributed by atoms with Crippen molar-refractivity contribution in [3.63, 3.8) is 0 Å². The van der Waals surface area contributed by atoms with Gasteiger partial charge in [0.05, 0.1) is 0 Å². The van der Waals surface area contributed by atoms with Crippen LogP contribution in [-0.4, -0.2) is 29.9 Å². The summed E-state index contributed by atoms with van der Waals surface area (Å²) in [6.07, 6.45) is 5.94. The van der Waals surface area contributed by atoms with E-state index in [4.69, 9.17) is 4.74 Å². The molecule has 4 heteroatoms. The summed E-state index contributed by atoms with van der Waals surface area (Å²) in [5, 5.41) is 0. The Balaban J connectivity index is 1.84. The highest BCUT2D eigenvalue weighted by Crippen LogP contribution is 2.39. The van der Waals surface area contributed by atoms with E-state index in [1.54, 1.807) is 6.92 Å². The summed E-state index contributed by atoms with van der Waals surface area (Å²) in [4.78, 5) is 25.0. The molecule has 0 saturated carbocycles. The van der Waals surface area contributed by atoms with E-state index < -0.39 is 0 Å². The van der Waals surface area contributed by atoms with Gasteiger partial charge in [-0.2, -0.15) is 0 Å². The minimum Gasteiger partial charge on any atom is -0.427 e. The average Bonchev–Trinajstić information content (AvgIpc) is 2.84. The second-order valence-electron chi connectivity index (χ2n) is 7.25. The van der Waals surface area contributed by atoms with Crippen LogP contribution in [0, 0.1) is 0 Å². The number of hydrogen-bond donors (Lipinski definition) is 0. The van der Waals surface area contributed by atoms with E-state index in [0.29, 0.717) is 5.75 Å². The number of nitrogens with zero attached hydrogens (tertiary/aromatic N) is 1. The van der Waals surface area contributed by atoms with Gasteiger partial charge in [-0.15, -0.1) is 0 Å². The second-order valence-corrected chi connectivity index (χ2v) is 7.25. The minimum absolute atomic E-state index is 0.137. The summed E-state index contributed by atoms with van der Waals surface area (Å²) >= 11 is 0. The fourth-order valence-corrected chi connectivity index (χ4v) is 4.05. The highest BCUT2D eigenvalue weighted by Gasteiger charge is 2.23. The Morgan fingerprint density at radius 1 is 0.893 bits per heavy atom. The minimum atomic E-state index is -0.323. The molecule has 0 atom stereocenters. The fraction of sp³-hybridized carbons (Fsp3) is 0.250. The van der Waals surface area contributed by atoms with Gasteiger partial charge in [-0.25, -0.2) is 0 Å². The Bertz CT molecular complexity index is 1010. The number of ether oxygens (including phenoxy) is 1. The highest BCUT2D eigenvalue weighted by atomic mass is 16.5. The highest BCUT2D eigenvalue weighted by molar-refractivity contribution is 5.95. The summed E-state index contributed by atoms with van der Waals surface area (Å²) in [6, 6.07) is 14.2. The first-order valence-corrected chi connectivity index (χ1v) is 9.61. The molecule has 0 spiro atoms. The molecule has 4 rings (SSSR count). The molecule has 1 aliphatic heterocycles. The summed E-state index contributed by atoms with van der Waals surface area (Å²) in [5.41, 5.74) is 7.17. The van der Waals surface area contributed by atoms with Crippen molar-refractivity contribution < 1.29 is 14.3 Å². The number of benzene rings is 2. The first-order chi connectivity index (χ1) is 13.5. The number of piperidine rings is 1. The number of carbonyl (C=O) groups is 2. The molecule has 1 heterocycles. The number of rotatable bonds is 1. The largest absolute Gasteiger partial charge is 0.427 e. The molecule has 1 amide bonds. The van der Waals surface area contributed by atoms with Crippen LogP contribution in [0.25, 0.3) is 17.7 Å². The average molecular weight is 373 g/mol. The van der Waals surface area contributed by atoms with Gasteiger partial charge in [-0.1, -0.05) is 48.1 Å². The molecule has 2 aromatic rings. The van der Waals surface area contributed by atoms with E-state index >= 15 is 0 Å². The Morgan fingerprint density at radius 2 is 1.57 bits per heavy atom. The van der Waals surface area contributed by atoms with E-state index in [9.17, 15) is 9.59 Å². The van der Waals surface area contributed by atoms with E-state index in [1.807, 2.05) is 29.2 Å². The molecule has 0 radical (unpaired) electrons. The first-order valence-electron chi connectivity index (χ1n) is 9.61. The van der Waals surface area contributed by atoms with Gasteiger partial charge in [-0.3, -0.25) is 9.59 Å². The van der Waals surface area contributed by atoms with Gasteiger partial charge in [0.25, 0.3) is 0 Å². The lowest BCUT2D eigenvalue weighted by Gasteiger charge is -2.30. The maximum atomic E-state index is 11.7. The molecule has 142 valence electrons. The SMILES string of the molecule is CC(=O)Oc1ccc2c(c1)C=Cc1ccccc1C2=C1CCN(C(C)=O)CC1. The fourth-order valence-electron chi connectivity index (χ4n) is 4.05. The van der Waals surface area contributed by atoms with Crippen molar-refractivity contribution in [3.05, 3.63) is 70.3 Å². The Labute approximate surface area is 165 Å². The molecule has 1 fully saturated rings. The van der Waals surface area contributed by atoms with Crippen LogP contribution in [0.2, 0.25) is 0 Å². The van der Waals surface area contributed by atoms with Crippen LogP contribution in [0.1, 0.15) is 48.9 Å². The molecule has 4 nitrogen and oxygen atoms in total. The lowest BCUT2D eigenvalue weighted by molar-refractivity contribution is -0.132. The van der Waals surface area contributed by atoms with Crippen LogP contribution in [0.5, 0.6) is 5.75 Å². The standard InChI is InChI=1S/C24H23NO3/c1-16(26)25-13-11-19(12-14-25)24-22-6-4-3-5-18(22)7-8-20-15-21(28-17(2)27)9-10-23(20)24/h3-10,15H,11-14H2,1-2H3. The molecule has 0 aromatic heterocycles. The van der Waals surface area contributed by atoms with Crippen molar-refractivity contribution in [1.29, 1.82) is 0 Å². The zero-order valence-electron chi connectivity index (χ0n) is 16.2. The van der Waals surface area contributed by atoms with Crippen molar-refractivity contribution >= 4 is 29.6 Å². The van der Waals surface area contributed by atoms with Crippen molar-refractivity contribution in [2.24, 2.45) is 0 Å². The maximum Gasteiger partial charge on any atom is 0.308 e. The molecule has 1 saturated heterocycles. The zero-order valence-corrected chi connectivity index (χ0v) is 16.2. The lowest BCUT2D eigenvalue weighted by Crippen LogP contribution is -2.34. The zero-order chi connectivity index (χ0) is 19.7. The molecular formula is C24H23NO3. The van der Waals surface area contributed by atoms with Gasteiger partial charge >= 0.3 is 5.97 Å². The number of fused-ring (bicyclic) bond motifs is 2. The number of carbonyl (C=O) groups excluding carboxylic acids is 2. The molecular weight excluding hydrogens is 350 g/mol. The molecule has 0 unspecified atom stereocenters.